The van der Waals surface area contributed by atoms with Gasteiger partial charge >= 0.3 is 5.97 Å². The summed E-state index contributed by atoms with van der Waals surface area (Å²) in [6.07, 6.45) is 0.218. The molecule has 0 bridgehead atoms. The van der Waals surface area contributed by atoms with Gasteiger partial charge in [-0.05, 0) is 25.1 Å². The third-order valence-electron chi connectivity index (χ3n) is 2.20. The molecule has 1 aromatic heterocycles. The van der Waals surface area contributed by atoms with E-state index in [1.807, 2.05) is 26.1 Å². The van der Waals surface area contributed by atoms with Gasteiger partial charge in [0.25, 0.3) is 0 Å². The maximum atomic E-state index is 10.5. The maximum absolute atomic E-state index is 10.5. The Labute approximate surface area is 105 Å². The van der Waals surface area contributed by atoms with Gasteiger partial charge < -0.3 is 10.0 Å². The number of thiophene rings is 1. The van der Waals surface area contributed by atoms with Crippen LogP contribution in [0.4, 0.5) is 0 Å². The van der Waals surface area contributed by atoms with Crippen LogP contribution in [0.15, 0.2) is 12.1 Å². The first-order valence-corrected chi connectivity index (χ1v) is 6.31. The second kappa shape index (κ2) is 6.23. The first-order chi connectivity index (χ1) is 7.47. The summed E-state index contributed by atoms with van der Waals surface area (Å²) in [5.74, 6) is -0.571. The molecule has 0 aliphatic carbocycles. The fourth-order valence-electron chi connectivity index (χ4n) is 1.66. The lowest BCUT2D eigenvalue weighted by molar-refractivity contribution is -0.138. The number of hydrogen-bond donors (Lipinski definition) is 1. The van der Waals surface area contributed by atoms with Crippen LogP contribution in [0.1, 0.15) is 18.2 Å². The number of rotatable bonds is 6. The number of halogens is 1. The SMILES string of the molecule is CC(CC(=O)O)CN(C)Cc1ccc(Cl)s1. The maximum Gasteiger partial charge on any atom is 0.303 e. The van der Waals surface area contributed by atoms with Gasteiger partial charge in [-0.15, -0.1) is 11.3 Å². The minimum absolute atomic E-state index is 0.165. The van der Waals surface area contributed by atoms with Gasteiger partial charge in [0.1, 0.15) is 0 Å². The average Bonchev–Trinajstić information content (AvgIpc) is 2.48. The lowest BCUT2D eigenvalue weighted by atomic mass is 10.1. The highest BCUT2D eigenvalue weighted by atomic mass is 35.5. The van der Waals surface area contributed by atoms with Gasteiger partial charge in [0.15, 0.2) is 0 Å². The zero-order valence-electron chi connectivity index (χ0n) is 9.44. The largest absolute Gasteiger partial charge is 0.481 e. The fourth-order valence-corrected chi connectivity index (χ4v) is 2.83. The summed E-state index contributed by atoms with van der Waals surface area (Å²) in [5, 5.41) is 8.66. The van der Waals surface area contributed by atoms with Crippen molar-refractivity contribution in [1.82, 2.24) is 4.90 Å². The van der Waals surface area contributed by atoms with Gasteiger partial charge in [0, 0.05) is 24.4 Å². The second-order valence-electron chi connectivity index (χ2n) is 4.11. The number of carbonyl (C=O) groups is 1. The van der Waals surface area contributed by atoms with E-state index in [1.54, 1.807) is 11.3 Å². The molecule has 90 valence electrons. The summed E-state index contributed by atoms with van der Waals surface area (Å²) in [6, 6.07) is 3.89. The van der Waals surface area contributed by atoms with E-state index in [-0.39, 0.29) is 12.3 Å². The molecule has 0 aliphatic heterocycles. The zero-order chi connectivity index (χ0) is 12.1. The van der Waals surface area contributed by atoms with Crippen LogP contribution in [0.5, 0.6) is 0 Å². The van der Waals surface area contributed by atoms with Crippen molar-refractivity contribution in [2.24, 2.45) is 5.92 Å². The molecule has 0 saturated carbocycles. The number of hydrogen-bond acceptors (Lipinski definition) is 3. The minimum atomic E-state index is -0.736. The van der Waals surface area contributed by atoms with E-state index < -0.39 is 5.97 Å². The summed E-state index contributed by atoms with van der Waals surface area (Å²) in [7, 11) is 1.99. The summed E-state index contributed by atoms with van der Waals surface area (Å²) in [4.78, 5) is 13.8. The highest BCUT2D eigenvalue weighted by molar-refractivity contribution is 7.16. The second-order valence-corrected chi connectivity index (χ2v) is 5.91. The van der Waals surface area contributed by atoms with Crippen LogP contribution in [-0.4, -0.2) is 29.6 Å². The Morgan fingerprint density at radius 3 is 2.81 bits per heavy atom. The van der Waals surface area contributed by atoms with Crippen LogP contribution in [0.25, 0.3) is 0 Å². The van der Waals surface area contributed by atoms with Crippen molar-refractivity contribution in [2.45, 2.75) is 19.9 Å². The molecule has 1 N–H and O–H groups in total. The lowest BCUT2D eigenvalue weighted by Crippen LogP contribution is -2.25. The Hall–Kier alpha value is -0.580. The van der Waals surface area contributed by atoms with Crippen molar-refractivity contribution in [3.05, 3.63) is 21.3 Å². The third-order valence-corrected chi connectivity index (χ3v) is 3.42. The smallest absolute Gasteiger partial charge is 0.303 e. The van der Waals surface area contributed by atoms with Crippen LogP contribution >= 0.6 is 22.9 Å². The van der Waals surface area contributed by atoms with Gasteiger partial charge in [-0.25, -0.2) is 0 Å². The molecule has 0 saturated heterocycles. The molecule has 0 aliphatic rings. The first kappa shape index (κ1) is 13.5. The summed E-state index contributed by atoms with van der Waals surface area (Å²) < 4.78 is 0.794. The first-order valence-electron chi connectivity index (χ1n) is 5.12. The van der Waals surface area contributed by atoms with Crippen molar-refractivity contribution >= 4 is 28.9 Å². The summed E-state index contributed by atoms with van der Waals surface area (Å²) in [6.45, 7) is 3.55. The van der Waals surface area contributed by atoms with E-state index in [0.717, 1.165) is 17.4 Å². The molecule has 1 atom stereocenters. The predicted molar refractivity (Wildman–Crippen MR) is 67.1 cm³/mol. The zero-order valence-corrected chi connectivity index (χ0v) is 11.0. The molecule has 1 rings (SSSR count). The van der Waals surface area contributed by atoms with Gasteiger partial charge in [0.2, 0.25) is 0 Å². The number of carboxylic acid groups (broad SMARTS) is 1. The molecule has 0 fully saturated rings. The van der Waals surface area contributed by atoms with Crippen molar-refractivity contribution in [2.75, 3.05) is 13.6 Å². The van der Waals surface area contributed by atoms with Crippen LogP contribution < -0.4 is 0 Å². The van der Waals surface area contributed by atoms with Crippen molar-refractivity contribution in [1.29, 1.82) is 0 Å². The normalized spacial score (nSPS) is 13.0. The Balaban J connectivity index is 2.35. The standard InChI is InChI=1S/C11H16ClNO2S/c1-8(5-11(14)15)6-13(2)7-9-3-4-10(12)16-9/h3-4,8H,5-7H2,1-2H3,(H,14,15). The highest BCUT2D eigenvalue weighted by Crippen LogP contribution is 2.22. The quantitative estimate of drug-likeness (QED) is 0.856. The van der Waals surface area contributed by atoms with Crippen LogP contribution in [0, 0.1) is 5.92 Å². The lowest BCUT2D eigenvalue weighted by Gasteiger charge is -2.19. The molecular formula is C11H16ClNO2S. The van der Waals surface area contributed by atoms with Crippen molar-refractivity contribution in [3.8, 4) is 0 Å². The molecule has 0 amide bonds. The topological polar surface area (TPSA) is 40.5 Å². The van der Waals surface area contributed by atoms with Gasteiger partial charge in [-0.2, -0.15) is 0 Å². The molecular weight excluding hydrogens is 246 g/mol. The van der Waals surface area contributed by atoms with E-state index in [1.165, 1.54) is 4.88 Å². The van der Waals surface area contributed by atoms with Crippen LogP contribution in [0.3, 0.4) is 0 Å². The van der Waals surface area contributed by atoms with Crippen LogP contribution in [-0.2, 0) is 11.3 Å². The number of aliphatic carboxylic acids is 1. The Morgan fingerprint density at radius 2 is 2.31 bits per heavy atom. The van der Waals surface area contributed by atoms with Gasteiger partial charge in [-0.3, -0.25) is 4.79 Å². The molecule has 3 nitrogen and oxygen atoms in total. The molecule has 1 heterocycles. The fraction of sp³-hybridized carbons (Fsp3) is 0.545. The molecule has 1 aromatic rings. The molecule has 5 heteroatoms. The summed E-state index contributed by atoms with van der Waals surface area (Å²) >= 11 is 7.41. The van der Waals surface area contributed by atoms with Crippen LogP contribution in [0.2, 0.25) is 4.34 Å². The predicted octanol–water partition coefficient (Wildman–Crippen LogP) is 2.94. The van der Waals surface area contributed by atoms with Gasteiger partial charge in [0.05, 0.1) is 4.34 Å². The number of nitrogens with zero attached hydrogens (tertiary/aromatic N) is 1. The van der Waals surface area contributed by atoms with E-state index >= 15 is 0 Å². The highest BCUT2D eigenvalue weighted by Gasteiger charge is 2.11. The van der Waals surface area contributed by atoms with Crippen molar-refractivity contribution in [3.63, 3.8) is 0 Å². The van der Waals surface area contributed by atoms with E-state index in [4.69, 9.17) is 16.7 Å². The van der Waals surface area contributed by atoms with E-state index in [0.29, 0.717) is 0 Å². The minimum Gasteiger partial charge on any atom is -0.481 e. The number of carboxylic acids is 1. The average molecular weight is 262 g/mol. The van der Waals surface area contributed by atoms with Gasteiger partial charge in [-0.1, -0.05) is 18.5 Å². The molecule has 0 aromatic carbocycles. The van der Waals surface area contributed by atoms with E-state index in [9.17, 15) is 4.79 Å². The third kappa shape index (κ3) is 4.96. The molecule has 0 spiro atoms. The Morgan fingerprint density at radius 1 is 1.62 bits per heavy atom. The molecule has 0 radical (unpaired) electrons. The summed E-state index contributed by atoms with van der Waals surface area (Å²) in [5.41, 5.74) is 0. The molecule has 1 unspecified atom stereocenters. The Kier molecular flexibility index (Phi) is 5.25. The Bertz CT molecular complexity index is 354. The molecule has 16 heavy (non-hydrogen) atoms. The monoisotopic (exact) mass is 261 g/mol. The van der Waals surface area contributed by atoms with E-state index in [2.05, 4.69) is 4.90 Å². The van der Waals surface area contributed by atoms with Crippen molar-refractivity contribution < 1.29 is 9.90 Å².